The van der Waals surface area contributed by atoms with Crippen molar-refractivity contribution in [2.75, 3.05) is 5.73 Å². The van der Waals surface area contributed by atoms with E-state index in [1.165, 1.54) is 0 Å². The molecule has 0 aromatic carbocycles. The highest BCUT2D eigenvalue weighted by molar-refractivity contribution is 6.16. The lowest BCUT2D eigenvalue weighted by molar-refractivity contribution is -0.136. The number of pyridine rings is 1. The van der Waals surface area contributed by atoms with E-state index in [0.717, 1.165) is 6.07 Å². The predicted octanol–water partition coefficient (Wildman–Crippen LogP) is 1.97. The molecule has 0 aliphatic rings. The summed E-state index contributed by atoms with van der Waals surface area (Å²) >= 11 is 5.45. The van der Waals surface area contributed by atoms with Crippen LogP contribution >= 0.6 is 11.6 Å². The maximum absolute atomic E-state index is 12.7. The van der Waals surface area contributed by atoms with Crippen molar-refractivity contribution in [2.24, 2.45) is 0 Å². The molecule has 3 N–H and O–H groups in total. The molecule has 0 aliphatic carbocycles. The van der Waals surface area contributed by atoms with Gasteiger partial charge in [-0.25, -0.2) is 13.8 Å². The van der Waals surface area contributed by atoms with Crippen molar-refractivity contribution in [3.63, 3.8) is 0 Å². The summed E-state index contributed by atoms with van der Waals surface area (Å²) in [5, 5.41) is 8.57. The van der Waals surface area contributed by atoms with Crippen LogP contribution in [0.2, 0.25) is 0 Å². The van der Waals surface area contributed by atoms with E-state index in [2.05, 4.69) is 4.98 Å². The Labute approximate surface area is 95.0 Å². The monoisotopic (exact) mass is 250 g/mol. The standard InChI is InChI=1S/C9H9ClF2N2O2/c10-3-4-1-5(8(11)12)6(2-7(15)16)9(13)14-4/h1,8H,2-3H2,(H2,13,14)(H,15,16). The van der Waals surface area contributed by atoms with Gasteiger partial charge in [0.2, 0.25) is 0 Å². The van der Waals surface area contributed by atoms with Crippen LogP contribution in [0.3, 0.4) is 0 Å². The Bertz CT molecular complexity index is 413. The molecule has 0 unspecified atom stereocenters. The number of anilines is 1. The van der Waals surface area contributed by atoms with Crippen molar-refractivity contribution in [1.29, 1.82) is 0 Å². The van der Waals surface area contributed by atoms with E-state index in [1.54, 1.807) is 0 Å². The van der Waals surface area contributed by atoms with Crippen LogP contribution in [0, 0.1) is 0 Å². The molecule has 0 spiro atoms. The molecule has 0 aliphatic heterocycles. The van der Waals surface area contributed by atoms with Gasteiger partial charge in [-0.1, -0.05) is 0 Å². The second-order valence-electron chi connectivity index (χ2n) is 3.07. The van der Waals surface area contributed by atoms with E-state index in [4.69, 9.17) is 22.4 Å². The Kier molecular flexibility index (Phi) is 4.00. The zero-order chi connectivity index (χ0) is 12.3. The Morgan fingerprint density at radius 1 is 1.62 bits per heavy atom. The number of hydrogen-bond acceptors (Lipinski definition) is 3. The first-order valence-electron chi connectivity index (χ1n) is 4.29. The molecule has 0 saturated carbocycles. The molecule has 0 atom stereocenters. The number of nitrogens with zero attached hydrogens (tertiary/aromatic N) is 1. The van der Waals surface area contributed by atoms with Crippen LogP contribution in [0.25, 0.3) is 0 Å². The molecular formula is C9H9ClF2N2O2. The molecule has 0 saturated heterocycles. The van der Waals surface area contributed by atoms with Gasteiger partial charge in [0.25, 0.3) is 6.43 Å². The zero-order valence-corrected chi connectivity index (χ0v) is 8.84. The first-order chi connectivity index (χ1) is 7.45. The second kappa shape index (κ2) is 5.07. The number of alkyl halides is 3. The van der Waals surface area contributed by atoms with Gasteiger partial charge in [-0.05, 0) is 6.07 Å². The van der Waals surface area contributed by atoms with Crippen LogP contribution in [-0.4, -0.2) is 16.1 Å². The molecule has 4 nitrogen and oxygen atoms in total. The minimum absolute atomic E-state index is 0.0583. The Morgan fingerprint density at radius 3 is 2.69 bits per heavy atom. The Balaban J connectivity index is 3.27. The van der Waals surface area contributed by atoms with E-state index in [0.29, 0.717) is 0 Å². The second-order valence-corrected chi connectivity index (χ2v) is 3.34. The summed E-state index contributed by atoms with van der Waals surface area (Å²) in [5.41, 5.74) is 5.03. The predicted molar refractivity (Wildman–Crippen MR) is 54.5 cm³/mol. The van der Waals surface area contributed by atoms with Crippen LogP contribution in [0.1, 0.15) is 23.2 Å². The third-order valence-electron chi connectivity index (χ3n) is 1.94. The Morgan fingerprint density at radius 2 is 2.25 bits per heavy atom. The van der Waals surface area contributed by atoms with Crippen molar-refractivity contribution in [3.8, 4) is 0 Å². The average molecular weight is 251 g/mol. The van der Waals surface area contributed by atoms with Crippen molar-refractivity contribution < 1.29 is 18.7 Å². The molecule has 1 aromatic rings. The first kappa shape index (κ1) is 12.6. The number of aromatic nitrogens is 1. The van der Waals surface area contributed by atoms with Crippen LogP contribution in [0.15, 0.2) is 6.07 Å². The van der Waals surface area contributed by atoms with Gasteiger partial charge in [-0.15, -0.1) is 11.6 Å². The van der Waals surface area contributed by atoms with Gasteiger partial charge in [0, 0.05) is 11.1 Å². The van der Waals surface area contributed by atoms with E-state index in [9.17, 15) is 13.6 Å². The summed E-state index contributed by atoms with van der Waals surface area (Å²) in [6.45, 7) is 0. The summed E-state index contributed by atoms with van der Waals surface area (Å²) in [7, 11) is 0. The fourth-order valence-corrected chi connectivity index (χ4v) is 1.41. The quantitative estimate of drug-likeness (QED) is 0.801. The number of nitrogens with two attached hydrogens (primary N) is 1. The van der Waals surface area contributed by atoms with Gasteiger partial charge >= 0.3 is 5.97 Å². The van der Waals surface area contributed by atoms with E-state index in [-0.39, 0.29) is 23.0 Å². The smallest absolute Gasteiger partial charge is 0.307 e. The summed E-state index contributed by atoms with van der Waals surface area (Å²) in [6, 6.07) is 1.08. The van der Waals surface area contributed by atoms with Crippen molar-refractivity contribution in [2.45, 2.75) is 18.7 Å². The van der Waals surface area contributed by atoms with E-state index < -0.39 is 24.4 Å². The number of rotatable bonds is 4. The van der Waals surface area contributed by atoms with Crippen molar-refractivity contribution >= 4 is 23.4 Å². The molecule has 16 heavy (non-hydrogen) atoms. The molecular weight excluding hydrogens is 242 g/mol. The molecule has 7 heteroatoms. The summed E-state index contributed by atoms with van der Waals surface area (Å²) in [6.07, 6.45) is -3.39. The third kappa shape index (κ3) is 2.79. The normalized spacial score (nSPS) is 10.8. The molecule has 1 aromatic heterocycles. The van der Waals surface area contributed by atoms with Crippen LogP contribution in [-0.2, 0) is 17.1 Å². The van der Waals surface area contributed by atoms with E-state index >= 15 is 0 Å². The van der Waals surface area contributed by atoms with Gasteiger partial charge < -0.3 is 10.8 Å². The largest absolute Gasteiger partial charge is 0.481 e. The van der Waals surface area contributed by atoms with Crippen LogP contribution < -0.4 is 5.73 Å². The summed E-state index contributed by atoms with van der Waals surface area (Å²) in [5.74, 6) is -1.51. The number of aliphatic carboxylic acids is 1. The van der Waals surface area contributed by atoms with E-state index in [1.807, 2.05) is 0 Å². The molecule has 0 bridgehead atoms. The molecule has 1 heterocycles. The lowest BCUT2D eigenvalue weighted by Crippen LogP contribution is -2.10. The number of nitrogen functional groups attached to an aromatic ring is 1. The highest BCUT2D eigenvalue weighted by Gasteiger charge is 2.19. The summed E-state index contributed by atoms with van der Waals surface area (Å²) in [4.78, 5) is 14.2. The number of halogens is 3. The van der Waals surface area contributed by atoms with Gasteiger partial charge in [0.15, 0.2) is 0 Å². The van der Waals surface area contributed by atoms with Gasteiger partial charge in [-0.2, -0.15) is 0 Å². The lowest BCUT2D eigenvalue weighted by Gasteiger charge is -2.11. The van der Waals surface area contributed by atoms with Crippen LogP contribution in [0.5, 0.6) is 0 Å². The van der Waals surface area contributed by atoms with Crippen LogP contribution in [0.4, 0.5) is 14.6 Å². The molecule has 88 valence electrons. The fourth-order valence-electron chi connectivity index (χ4n) is 1.28. The Hall–Kier alpha value is -1.43. The molecule has 0 fully saturated rings. The molecule has 0 radical (unpaired) electrons. The maximum Gasteiger partial charge on any atom is 0.307 e. The first-order valence-corrected chi connectivity index (χ1v) is 4.83. The minimum Gasteiger partial charge on any atom is -0.481 e. The molecule has 0 amide bonds. The van der Waals surface area contributed by atoms with Crippen molar-refractivity contribution in [1.82, 2.24) is 4.98 Å². The summed E-state index contributed by atoms with van der Waals surface area (Å²) < 4.78 is 25.3. The van der Waals surface area contributed by atoms with Gasteiger partial charge in [-0.3, -0.25) is 4.79 Å². The number of carboxylic acids is 1. The highest BCUT2D eigenvalue weighted by Crippen LogP contribution is 2.27. The SMILES string of the molecule is Nc1nc(CCl)cc(C(F)F)c1CC(=O)O. The maximum atomic E-state index is 12.7. The zero-order valence-electron chi connectivity index (χ0n) is 8.08. The van der Waals surface area contributed by atoms with Gasteiger partial charge in [0.05, 0.1) is 18.0 Å². The third-order valence-corrected chi connectivity index (χ3v) is 2.22. The number of carboxylic acid groups (broad SMARTS) is 1. The number of hydrogen-bond donors (Lipinski definition) is 2. The topological polar surface area (TPSA) is 76.2 Å². The minimum atomic E-state index is -2.80. The number of carbonyl (C=O) groups is 1. The van der Waals surface area contributed by atoms with Crippen molar-refractivity contribution in [3.05, 3.63) is 22.9 Å². The molecule has 1 rings (SSSR count). The fraction of sp³-hybridized carbons (Fsp3) is 0.333. The highest BCUT2D eigenvalue weighted by atomic mass is 35.5. The van der Waals surface area contributed by atoms with Gasteiger partial charge in [0.1, 0.15) is 5.82 Å². The lowest BCUT2D eigenvalue weighted by atomic mass is 10.1. The average Bonchev–Trinajstić information content (AvgIpc) is 2.19.